The minimum absolute atomic E-state index is 0.0307. The lowest BCUT2D eigenvalue weighted by Gasteiger charge is -2.30. The van der Waals surface area contributed by atoms with Crippen LogP contribution in [-0.2, 0) is 11.3 Å². The molecule has 0 radical (unpaired) electrons. The molecule has 0 saturated carbocycles. The molecule has 1 amide bonds. The highest BCUT2D eigenvalue weighted by Gasteiger charge is 2.20. The van der Waals surface area contributed by atoms with Crippen LogP contribution in [0.4, 0.5) is 0 Å². The normalized spacial score (nSPS) is 12.1. The van der Waals surface area contributed by atoms with Crippen LogP contribution in [0.25, 0.3) is 11.6 Å². The molecule has 2 aromatic heterocycles. The average molecular weight is 490 g/mol. The van der Waals surface area contributed by atoms with Crippen molar-refractivity contribution in [3.8, 4) is 11.6 Å². The lowest BCUT2D eigenvalue weighted by Crippen LogP contribution is -2.38. The number of furan rings is 1. The third-order valence-corrected chi connectivity index (χ3v) is 6.87. The molecule has 2 aromatic carbocycles. The zero-order chi connectivity index (χ0) is 24.5. The van der Waals surface area contributed by atoms with E-state index in [0.29, 0.717) is 29.8 Å². The standard InChI is InChI=1S/C27H31N5O2S/c1-3-31(4-2)23(22-14-9-6-10-15-22)18-28-25(33)20-35-27-30-29-26(24-16-11-17-34-24)32(27)19-21-12-7-5-8-13-21/h5-17,23H,3-4,18-20H2,1-2H3,(H,28,33). The Morgan fingerprint density at radius 1 is 1.00 bits per heavy atom. The molecule has 0 bridgehead atoms. The third-order valence-electron chi connectivity index (χ3n) is 5.90. The lowest BCUT2D eigenvalue weighted by atomic mass is 10.1. The van der Waals surface area contributed by atoms with E-state index in [1.807, 2.05) is 53.1 Å². The maximum atomic E-state index is 12.8. The molecule has 35 heavy (non-hydrogen) atoms. The number of carbonyl (C=O) groups is 1. The Kier molecular flexibility index (Phi) is 8.75. The molecule has 182 valence electrons. The number of hydrogen-bond acceptors (Lipinski definition) is 6. The first-order valence-electron chi connectivity index (χ1n) is 11.9. The van der Waals surface area contributed by atoms with Crippen LogP contribution in [0.2, 0.25) is 0 Å². The number of rotatable bonds is 12. The second-order valence-electron chi connectivity index (χ2n) is 8.10. The smallest absolute Gasteiger partial charge is 0.230 e. The predicted octanol–water partition coefficient (Wildman–Crippen LogP) is 4.88. The van der Waals surface area contributed by atoms with E-state index in [1.54, 1.807) is 6.26 Å². The molecule has 0 aliphatic carbocycles. The number of thioether (sulfide) groups is 1. The number of carbonyl (C=O) groups excluding carboxylic acids is 1. The molecule has 8 heteroatoms. The van der Waals surface area contributed by atoms with E-state index >= 15 is 0 Å². The number of nitrogens with zero attached hydrogens (tertiary/aromatic N) is 4. The molecule has 4 rings (SSSR count). The van der Waals surface area contributed by atoms with Crippen molar-refractivity contribution in [2.75, 3.05) is 25.4 Å². The van der Waals surface area contributed by atoms with Crippen molar-refractivity contribution in [3.63, 3.8) is 0 Å². The number of aromatic nitrogens is 3. The van der Waals surface area contributed by atoms with Gasteiger partial charge in [0.05, 0.1) is 24.6 Å². The largest absolute Gasteiger partial charge is 0.461 e. The molecule has 0 aliphatic rings. The summed E-state index contributed by atoms with van der Waals surface area (Å²) in [5.74, 6) is 1.52. The van der Waals surface area contributed by atoms with E-state index in [-0.39, 0.29) is 17.7 Å². The van der Waals surface area contributed by atoms with Crippen molar-refractivity contribution in [1.29, 1.82) is 0 Å². The monoisotopic (exact) mass is 489 g/mol. The Labute approximate surface area is 210 Å². The molecule has 1 unspecified atom stereocenters. The van der Waals surface area contributed by atoms with Gasteiger partial charge in [-0.15, -0.1) is 10.2 Å². The van der Waals surface area contributed by atoms with Gasteiger partial charge in [-0.1, -0.05) is 86.3 Å². The van der Waals surface area contributed by atoms with E-state index in [9.17, 15) is 4.79 Å². The summed E-state index contributed by atoms with van der Waals surface area (Å²) in [5, 5.41) is 12.5. The first-order chi connectivity index (χ1) is 17.2. The van der Waals surface area contributed by atoms with Crippen LogP contribution in [0.3, 0.4) is 0 Å². The molecule has 0 aliphatic heterocycles. The topological polar surface area (TPSA) is 76.2 Å². The molecule has 1 N–H and O–H groups in total. The fourth-order valence-electron chi connectivity index (χ4n) is 4.08. The molecule has 4 aromatic rings. The molecule has 2 heterocycles. The summed E-state index contributed by atoms with van der Waals surface area (Å²) < 4.78 is 7.57. The van der Waals surface area contributed by atoms with Gasteiger partial charge in [0.25, 0.3) is 0 Å². The molecule has 7 nitrogen and oxygen atoms in total. The molecule has 0 spiro atoms. The highest BCUT2D eigenvalue weighted by molar-refractivity contribution is 7.99. The van der Waals surface area contributed by atoms with Crippen molar-refractivity contribution < 1.29 is 9.21 Å². The number of nitrogens with one attached hydrogen (secondary N) is 1. The van der Waals surface area contributed by atoms with Crippen molar-refractivity contribution in [1.82, 2.24) is 25.0 Å². The Morgan fingerprint density at radius 3 is 2.37 bits per heavy atom. The highest BCUT2D eigenvalue weighted by atomic mass is 32.2. The lowest BCUT2D eigenvalue weighted by molar-refractivity contribution is -0.118. The number of amides is 1. The Balaban J connectivity index is 1.43. The summed E-state index contributed by atoms with van der Waals surface area (Å²) in [5.41, 5.74) is 2.33. The van der Waals surface area contributed by atoms with Gasteiger partial charge in [0.2, 0.25) is 11.7 Å². The highest BCUT2D eigenvalue weighted by Crippen LogP contribution is 2.26. The van der Waals surface area contributed by atoms with Crippen molar-refractivity contribution in [3.05, 3.63) is 90.2 Å². The van der Waals surface area contributed by atoms with Gasteiger partial charge < -0.3 is 9.73 Å². The van der Waals surface area contributed by atoms with Gasteiger partial charge >= 0.3 is 0 Å². The summed E-state index contributed by atoms with van der Waals surface area (Å²) in [6.07, 6.45) is 1.62. The van der Waals surface area contributed by atoms with E-state index in [1.165, 1.54) is 17.3 Å². The van der Waals surface area contributed by atoms with E-state index in [2.05, 4.69) is 58.5 Å². The Bertz CT molecular complexity index is 1180. The fourth-order valence-corrected chi connectivity index (χ4v) is 4.85. The predicted molar refractivity (Wildman–Crippen MR) is 139 cm³/mol. The van der Waals surface area contributed by atoms with Crippen molar-refractivity contribution in [2.45, 2.75) is 31.6 Å². The summed E-state index contributed by atoms with van der Waals surface area (Å²) in [7, 11) is 0. The van der Waals surface area contributed by atoms with Gasteiger partial charge in [0.1, 0.15) is 0 Å². The number of likely N-dealkylation sites (N-methyl/N-ethyl adjacent to an activating group) is 1. The Morgan fingerprint density at radius 2 is 1.71 bits per heavy atom. The van der Waals surface area contributed by atoms with Gasteiger partial charge in [0, 0.05) is 6.54 Å². The first-order valence-corrected chi connectivity index (χ1v) is 12.9. The quantitative estimate of drug-likeness (QED) is 0.286. The van der Waals surface area contributed by atoms with E-state index in [0.717, 1.165) is 18.7 Å². The van der Waals surface area contributed by atoms with Gasteiger partial charge in [0.15, 0.2) is 10.9 Å². The maximum Gasteiger partial charge on any atom is 0.230 e. The van der Waals surface area contributed by atoms with Crippen LogP contribution in [0, 0.1) is 0 Å². The maximum absolute atomic E-state index is 12.8. The number of hydrogen-bond donors (Lipinski definition) is 1. The summed E-state index contributed by atoms with van der Waals surface area (Å²) in [4.78, 5) is 15.2. The third kappa shape index (κ3) is 6.41. The van der Waals surface area contributed by atoms with Crippen molar-refractivity contribution in [2.24, 2.45) is 0 Å². The van der Waals surface area contributed by atoms with Crippen LogP contribution >= 0.6 is 11.8 Å². The van der Waals surface area contributed by atoms with Gasteiger partial charge in [-0.05, 0) is 36.3 Å². The van der Waals surface area contributed by atoms with Gasteiger partial charge in [-0.2, -0.15) is 0 Å². The molecule has 0 fully saturated rings. The first kappa shape index (κ1) is 24.8. The average Bonchev–Trinajstić information content (AvgIpc) is 3.56. The molecule has 1 atom stereocenters. The Hall–Kier alpha value is -3.36. The van der Waals surface area contributed by atoms with Crippen LogP contribution in [0.1, 0.15) is 31.0 Å². The van der Waals surface area contributed by atoms with E-state index in [4.69, 9.17) is 4.42 Å². The molecule has 0 saturated heterocycles. The number of benzene rings is 2. The molecular weight excluding hydrogens is 458 g/mol. The molecular formula is C27H31N5O2S. The SMILES string of the molecule is CCN(CC)C(CNC(=O)CSc1nnc(-c2ccco2)n1Cc1ccccc1)c1ccccc1. The summed E-state index contributed by atoms with van der Waals surface area (Å²) >= 11 is 1.38. The van der Waals surface area contributed by atoms with Crippen LogP contribution in [0.15, 0.2) is 88.6 Å². The minimum atomic E-state index is -0.0307. The van der Waals surface area contributed by atoms with Crippen LogP contribution < -0.4 is 5.32 Å². The zero-order valence-corrected chi connectivity index (χ0v) is 20.9. The second-order valence-corrected chi connectivity index (χ2v) is 9.04. The van der Waals surface area contributed by atoms with Crippen molar-refractivity contribution >= 4 is 17.7 Å². The summed E-state index contributed by atoms with van der Waals surface area (Å²) in [6.45, 7) is 7.27. The van der Waals surface area contributed by atoms with Gasteiger partial charge in [-0.3, -0.25) is 14.3 Å². The second kappa shape index (κ2) is 12.4. The minimum Gasteiger partial charge on any atom is -0.461 e. The zero-order valence-electron chi connectivity index (χ0n) is 20.1. The van der Waals surface area contributed by atoms with Crippen LogP contribution in [0.5, 0.6) is 0 Å². The summed E-state index contributed by atoms with van der Waals surface area (Å²) in [6, 6.07) is 24.3. The van der Waals surface area contributed by atoms with Gasteiger partial charge in [-0.25, -0.2) is 0 Å². The van der Waals surface area contributed by atoms with E-state index < -0.39 is 0 Å². The van der Waals surface area contributed by atoms with Crippen LogP contribution in [-0.4, -0.2) is 51.0 Å². The fraction of sp³-hybridized carbons (Fsp3) is 0.296.